The molecule has 1 aromatic carbocycles. The fourth-order valence-electron chi connectivity index (χ4n) is 3.27. The summed E-state index contributed by atoms with van der Waals surface area (Å²) < 4.78 is 11.9. The van der Waals surface area contributed by atoms with Crippen molar-refractivity contribution in [2.24, 2.45) is 5.92 Å². The summed E-state index contributed by atoms with van der Waals surface area (Å²) in [5.74, 6) is 4.00. The zero-order chi connectivity index (χ0) is 22.3. The van der Waals surface area contributed by atoms with Crippen LogP contribution in [-0.4, -0.2) is 26.5 Å². The van der Waals surface area contributed by atoms with E-state index in [2.05, 4.69) is 39.1 Å². The van der Waals surface area contributed by atoms with Gasteiger partial charge in [-0.2, -0.15) is 0 Å². The number of benzene rings is 1. The molecule has 0 spiro atoms. The third-order valence-corrected chi connectivity index (χ3v) is 4.93. The Morgan fingerprint density at radius 2 is 1.85 bits per heavy atom. The van der Waals surface area contributed by atoms with Crippen LogP contribution < -0.4 is 27.2 Å². The van der Waals surface area contributed by atoms with Crippen LogP contribution in [-0.2, 0) is 0 Å². The largest absolute Gasteiger partial charge is 1.00 e. The third-order valence-electron chi connectivity index (χ3n) is 4.93. The zero-order valence-electron chi connectivity index (χ0n) is 19.0. The number of nitrogens with one attached hydrogen (secondary N) is 1. The van der Waals surface area contributed by atoms with Crippen LogP contribution in [0.1, 0.15) is 32.3 Å². The second-order valence-corrected chi connectivity index (χ2v) is 8.02. The molecule has 3 heterocycles. The van der Waals surface area contributed by atoms with Gasteiger partial charge in [0.25, 0.3) is 0 Å². The lowest BCUT2D eigenvalue weighted by atomic mass is 10.1. The Morgan fingerprint density at radius 3 is 2.61 bits per heavy atom. The van der Waals surface area contributed by atoms with Gasteiger partial charge in [-0.3, -0.25) is 0 Å². The predicted molar refractivity (Wildman–Crippen MR) is 126 cm³/mol. The average Bonchev–Trinajstić information content (AvgIpc) is 2.79. The number of anilines is 2. The number of pyridine rings is 2. The maximum Gasteiger partial charge on any atom is 0.222 e. The molecule has 172 valence electrons. The van der Waals surface area contributed by atoms with Crippen LogP contribution in [0.3, 0.4) is 0 Å². The van der Waals surface area contributed by atoms with Gasteiger partial charge in [-0.05, 0) is 62.1 Å². The van der Waals surface area contributed by atoms with Crippen molar-refractivity contribution in [3.63, 3.8) is 0 Å². The molecule has 0 amide bonds. The van der Waals surface area contributed by atoms with Gasteiger partial charge in [0.05, 0.1) is 18.3 Å². The number of aryl methyl sites for hydroxylation is 1. The molecule has 0 aliphatic carbocycles. The summed E-state index contributed by atoms with van der Waals surface area (Å²) in [5.41, 5.74) is 1.71. The van der Waals surface area contributed by atoms with Crippen molar-refractivity contribution in [2.75, 3.05) is 11.9 Å². The van der Waals surface area contributed by atoms with Crippen LogP contribution in [0, 0.1) is 12.8 Å². The SMILES string of the molecule is Cc1cc(OCCCC(C)C)cnc1Oc1ccc2ncnc(Nc3ccccn3)c2c1.[Cl-]. The van der Waals surface area contributed by atoms with Gasteiger partial charge in [0.15, 0.2) is 0 Å². The maximum atomic E-state index is 6.07. The van der Waals surface area contributed by atoms with Crippen LogP contribution >= 0.6 is 0 Å². The summed E-state index contributed by atoms with van der Waals surface area (Å²) in [6, 6.07) is 13.3. The van der Waals surface area contributed by atoms with Gasteiger partial charge in [-0.15, -0.1) is 0 Å². The second-order valence-electron chi connectivity index (χ2n) is 8.02. The standard InChI is InChI=1S/C25H27N5O2.ClH/c1-17(2)7-6-12-31-20-13-18(3)25(27-15-20)32-19-9-10-22-21(14-19)24(29-16-28-22)30-23-8-4-5-11-26-23;/h4-5,8-11,13-17H,6-7,12H2,1-3H3,(H,26,28,29,30);1H/p-1. The highest BCUT2D eigenvalue weighted by Crippen LogP contribution is 2.30. The summed E-state index contributed by atoms with van der Waals surface area (Å²) in [7, 11) is 0. The minimum absolute atomic E-state index is 0. The normalized spacial score (nSPS) is 10.7. The lowest BCUT2D eigenvalue weighted by molar-refractivity contribution is -0.00000790. The fourth-order valence-corrected chi connectivity index (χ4v) is 3.27. The molecule has 0 aliphatic rings. The summed E-state index contributed by atoms with van der Waals surface area (Å²) in [4.78, 5) is 17.5. The number of rotatable bonds is 9. The van der Waals surface area contributed by atoms with Gasteiger partial charge in [-0.25, -0.2) is 19.9 Å². The number of fused-ring (bicyclic) bond motifs is 1. The van der Waals surface area contributed by atoms with Gasteiger partial charge < -0.3 is 27.2 Å². The predicted octanol–water partition coefficient (Wildman–Crippen LogP) is 3.08. The lowest BCUT2D eigenvalue weighted by Crippen LogP contribution is -3.00. The zero-order valence-corrected chi connectivity index (χ0v) is 19.7. The summed E-state index contributed by atoms with van der Waals surface area (Å²) >= 11 is 0. The van der Waals surface area contributed by atoms with E-state index >= 15 is 0 Å². The first-order valence-corrected chi connectivity index (χ1v) is 10.8. The minimum atomic E-state index is 0. The topological polar surface area (TPSA) is 82.0 Å². The Morgan fingerprint density at radius 1 is 0.970 bits per heavy atom. The van der Waals surface area contributed by atoms with Crippen LogP contribution in [0.15, 0.2) is 61.2 Å². The summed E-state index contributed by atoms with van der Waals surface area (Å²) in [5, 5.41) is 4.07. The first kappa shape index (κ1) is 24.2. The molecule has 0 radical (unpaired) electrons. The smallest absolute Gasteiger partial charge is 0.222 e. The van der Waals surface area contributed by atoms with E-state index in [0.29, 0.717) is 35.8 Å². The quantitative estimate of drug-likeness (QED) is 0.381. The van der Waals surface area contributed by atoms with Crippen LogP contribution in [0.4, 0.5) is 11.6 Å². The van der Waals surface area contributed by atoms with Crippen molar-refractivity contribution >= 4 is 22.5 Å². The molecule has 0 bridgehead atoms. The highest BCUT2D eigenvalue weighted by molar-refractivity contribution is 5.91. The van der Waals surface area contributed by atoms with Crippen LogP contribution in [0.2, 0.25) is 0 Å². The van der Waals surface area contributed by atoms with Gasteiger partial charge in [-0.1, -0.05) is 19.9 Å². The van der Waals surface area contributed by atoms with Crippen molar-refractivity contribution in [3.8, 4) is 17.4 Å². The van der Waals surface area contributed by atoms with Crippen molar-refractivity contribution in [1.29, 1.82) is 0 Å². The average molecular weight is 465 g/mol. The van der Waals surface area contributed by atoms with E-state index in [4.69, 9.17) is 9.47 Å². The Balaban J connectivity index is 0.00000306. The molecule has 7 nitrogen and oxygen atoms in total. The third kappa shape index (κ3) is 6.52. The Hall–Kier alpha value is -3.45. The fraction of sp³-hybridized carbons (Fsp3) is 0.280. The Labute approximate surface area is 200 Å². The van der Waals surface area contributed by atoms with E-state index in [1.165, 1.54) is 6.33 Å². The molecular weight excluding hydrogens is 438 g/mol. The van der Waals surface area contributed by atoms with Crippen molar-refractivity contribution in [2.45, 2.75) is 33.6 Å². The van der Waals surface area contributed by atoms with Crippen molar-refractivity contribution < 1.29 is 21.9 Å². The molecule has 1 N–H and O–H groups in total. The first-order chi connectivity index (χ1) is 15.6. The van der Waals surface area contributed by atoms with E-state index in [1.54, 1.807) is 12.4 Å². The number of aromatic nitrogens is 4. The summed E-state index contributed by atoms with van der Waals surface area (Å²) in [6.07, 6.45) is 7.14. The molecule has 0 aliphatic heterocycles. The molecule has 0 saturated heterocycles. The van der Waals surface area contributed by atoms with Gasteiger partial charge in [0.2, 0.25) is 5.88 Å². The molecule has 0 atom stereocenters. The minimum Gasteiger partial charge on any atom is -1.00 e. The highest BCUT2D eigenvalue weighted by Gasteiger charge is 2.10. The number of nitrogens with zero attached hydrogens (tertiary/aromatic N) is 4. The first-order valence-electron chi connectivity index (χ1n) is 10.8. The Kier molecular flexibility index (Phi) is 8.38. The highest BCUT2D eigenvalue weighted by atomic mass is 35.5. The van der Waals surface area contributed by atoms with Crippen LogP contribution in [0.25, 0.3) is 10.9 Å². The molecule has 3 aromatic heterocycles. The van der Waals surface area contributed by atoms with Crippen molar-refractivity contribution in [1.82, 2.24) is 19.9 Å². The second kappa shape index (κ2) is 11.4. The monoisotopic (exact) mass is 464 g/mol. The number of hydrogen-bond acceptors (Lipinski definition) is 7. The molecular formula is C25H27ClN5O2-. The van der Waals surface area contributed by atoms with E-state index < -0.39 is 0 Å². The number of hydrogen-bond donors (Lipinski definition) is 1. The Bertz CT molecular complexity index is 1190. The lowest BCUT2D eigenvalue weighted by Gasteiger charge is -2.12. The molecule has 4 aromatic rings. The molecule has 0 unspecified atom stereocenters. The molecule has 33 heavy (non-hydrogen) atoms. The van der Waals surface area contributed by atoms with Gasteiger partial charge in [0.1, 0.15) is 29.5 Å². The van der Waals surface area contributed by atoms with Gasteiger partial charge >= 0.3 is 0 Å². The van der Waals surface area contributed by atoms with Crippen LogP contribution in [0.5, 0.6) is 17.4 Å². The number of ether oxygens (including phenoxy) is 2. The summed E-state index contributed by atoms with van der Waals surface area (Å²) in [6.45, 7) is 7.08. The van der Waals surface area contributed by atoms with E-state index in [9.17, 15) is 0 Å². The van der Waals surface area contributed by atoms with E-state index in [-0.39, 0.29) is 12.4 Å². The molecule has 8 heteroatoms. The van der Waals surface area contributed by atoms with Crippen molar-refractivity contribution in [3.05, 3.63) is 66.7 Å². The van der Waals surface area contributed by atoms with E-state index in [1.807, 2.05) is 49.4 Å². The molecule has 0 fully saturated rings. The maximum absolute atomic E-state index is 6.07. The number of halogens is 1. The molecule has 4 rings (SSSR count). The molecule has 0 saturated carbocycles. The van der Waals surface area contributed by atoms with Gasteiger partial charge in [0, 0.05) is 17.1 Å². The van der Waals surface area contributed by atoms with E-state index in [0.717, 1.165) is 35.1 Å².